The van der Waals surface area contributed by atoms with Gasteiger partial charge in [0.2, 0.25) is 29.5 Å². The summed E-state index contributed by atoms with van der Waals surface area (Å²) >= 11 is 1.82. The summed E-state index contributed by atoms with van der Waals surface area (Å²) in [5.74, 6) is 4.54. The lowest BCUT2D eigenvalue weighted by Gasteiger charge is -2.26. The number of nitrogens with zero attached hydrogens (tertiary/aromatic N) is 5. The van der Waals surface area contributed by atoms with Gasteiger partial charge in [-0.15, -0.1) is 0 Å². The molecule has 5 saturated heterocycles. The SMILES string of the molecule is CC(C)CCC(=O)N1C[C@H](OC(C)C)C[C@H]1COP(=O)(O)O[C@@H]1C[C@@H](COC(C)C)N(C(=O)CCCSC(C)C)C1.CC(C)NCCCC(=O)CCC(=O)N1C[C@H](OC(C)C)C[C@H]1COP(=O)(O)O[C@@H]1C[C@@H](COC(C)C)N(C(=O)CCCSSCCC(=O)C(C)C)C1.CC(C)OC[C@@H]1C[C@@H](OC(C)C)CN1C(=O)CSSCCC(=O)C(C)C. The number of ether oxygens (including phenoxy) is 6. The molecule has 2 unspecified atom stereocenters. The molecule has 0 aromatic carbocycles. The van der Waals surface area contributed by atoms with Crippen LogP contribution in [0, 0.1) is 17.8 Å². The van der Waals surface area contributed by atoms with Crippen molar-refractivity contribution in [3.05, 3.63) is 0 Å². The van der Waals surface area contributed by atoms with Crippen LogP contribution < -0.4 is 5.32 Å². The van der Waals surface area contributed by atoms with Crippen molar-refractivity contribution in [3.63, 3.8) is 0 Å². The molecule has 28 nitrogen and oxygen atoms in total. The number of likely N-dealkylation sites (tertiary alicyclic amines) is 5. The van der Waals surface area contributed by atoms with E-state index < -0.39 is 33.9 Å². The molecule has 5 fully saturated rings. The summed E-state index contributed by atoms with van der Waals surface area (Å²) in [5, 5.41) is 3.80. The summed E-state index contributed by atoms with van der Waals surface area (Å²) in [6.45, 7) is 46.9. The molecule has 119 heavy (non-hydrogen) atoms. The van der Waals surface area contributed by atoms with E-state index in [0.29, 0.717) is 133 Å². The second-order valence-corrected chi connectivity index (χ2v) is 44.8. The third kappa shape index (κ3) is 48.2. The molecule has 0 aromatic heterocycles. The number of Topliss-reactive ketones (excluding diaryl/α,β-unsaturated/α-hetero) is 3. The van der Waals surface area contributed by atoms with Crippen molar-refractivity contribution in [2.45, 2.75) is 370 Å². The van der Waals surface area contributed by atoms with Gasteiger partial charge >= 0.3 is 15.6 Å². The van der Waals surface area contributed by atoms with Crippen LogP contribution in [0.4, 0.5) is 0 Å². The first-order valence-corrected chi connectivity index (χ1v) is 52.9. The van der Waals surface area contributed by atoms with E-state index in [4.69, 9.17) is 46.5 Å². The number of thioether (sulfide) groups is 1. The molecule has 0 saturated carbocycles. The third-order valence-corrected chi connectivity index (χ3v) is 28.0. The van der Waals surface area contributed by atoms with Crippen molar-refractivity contribution in [1.29, 1.82) is 0 Å². The van der Waals surface area contributed by atoms with Crippen LogP contribution in [0.1, 0.15) is 261 Å². The molecule has 5 amide bonds. The highest BCUT2D eigenvalue weighted by Crippen LogP contribution is 2.49. The maximum absolute atomic E-state index is 13.3. The number of rotatable bonds is 57. The minimum absolute atomic E-state index is 0.000539. The molecule has 0 bridgehead atoms. The fourth-order valence-corrected chi connectivity index (χ4v) is 20.8. The molecule has 694 valence electrons. The van der Waals surface area contributed by atoms with Gasteiger partial charge in [0.15, 0.2) is 0 Å². The molecule has 0 aliphatic carbocycles. The standard InChI is InChI=1S/C36H66N3O10PS2.C29H55N2O8PS.C19H35NO4S2/c1-25(2)34(41)15-18-52-51-17-10-12-35(42)39-22-33(20-29(39)23-46-27(5)6)49-50(44,45)47-24-30-19-32(48-28(7)8)21-38(30)36(43)14-13-31(40)11-9-16-37-26(3)4;1-20(2)11-12-29(33)30-16-26(38-22(5)6)14-25(30)19-37-40(34,35)39-27-15-24(18-36-21(3)4)31(17-27)28(32)10-9-13-41-23(7)8;1-13(2)18(21)7-8-25-26-12-19(22)20-10-17(24-15(5)6)9-16(20)11-23-14(3)4/h25-30,32-33,37H,9-24H2,1-8H3,(H,44,45);20-27H,9-19H2,1-8H3,(H,34,35);13-17H,7-12H2,1-6H3/t29-,30-,32+,33+;24-,25-,26+,27+;16-,17+/m000/s1. The van der Waals surface area contributed by atoms with E-state index in [1.54, 1.807) is 52.0 Å². The molecule has 5 aliphatic rings. The number of ketones is 3. The minimum Gasteiger partial charge on any atom is -0.377 e. The number of hydrogen-bond acceptors (Lipinski definition) is 26. The molecule has 3 N–H and O–H groups in total. The quantitative estimate of drug-likeness (QED) is 0.0289. The van der Waals surface area contributed by atoms with E-state index in [0.717, 1.165) is 48.8 Å². The van der Waals surface area contributed by atoms with Crippen LogP contribution >= 0.6 is 70.6 Å². The number of nitrogens with one attached hydrogen (secondary N) is 1. The summed E-state index contributed by atoms with van der Waals surface area (Å²) < 4.78 is 83.7. The Labute approximate surface area is 735 Å². The summed E-state index contributed by atoms with van der Waals surface area (Å²) in [5.41, 5.74) is 0. The van der Waals surface area contributed by atoms with Crippen molar-refractivity contribution >= 4 is 117 Å². The molecule has 5 rings (SSSR count). The second kappa shape index (κ2) is 59.2. The highest BCUT2D eigenvalue weighted by atomic mass is 33.1. The number of amides is 5. The van der Waals surface area contributed by atoms with Crippen LogP contribution in [-0.2, 0) is 94.0 Å². The largest absolute Gasteiger partial charge is 0.472 e. The van der Waals surface area contributed by atoms with Crippen LogP contribution in [-0.4, -0.2) is 291 Å². The average Bonchev–Trinajstić information content (AvgIpc) is 1.77. The fourth-order valence-electron chi connectivity index (χ4n) is 14.1. The highest BCUT2D eigenvalue weighted by Gasteiger charge is 2.45. The average molecular weight is 1820 g/mol. The maximum atomic E-state index is 13.3. The second-order valence-electron chi connectivity index (χ2n) is 35.0. The van der Waals surface area contributed by atoms with Gasteiger partial charge in [0, 0.05) is 119 Å². The first-order valence-electron chi connectivity index (χ1n) is 43.8. The van der Waals surface area contributed by atoms with Gasteiger partial charge in [0.1, 0.15) is 17.3 Å². The number of phosphoric acid groups is 2. The van der Waals surface area contributed by atoms with Crippen molar-refractivity contribution in [2.75, 3.05) is 101 Å². The van der Waals surface area contributed by atoms with Crippen molar-refractivity contribution in [1.82, 2.24) is 29.8 Å². The fraction of sp³-hybridized carbons (Fsp3) is 0.905. The molecule has 0 radical (unpaired) electrons. The van der Waals surface area contributed by atoms with E-state index >= 15 is 0 Å². The highest BCUT2D eigenvalue weighted by molar-refractivity contribution is 8.77. The maximum Gasteiger partial charge on any atom is 0.472 e. The smallest absolute Gasteiger partial charge is 0.377 e. The summed E-state index contributed by atoms with van der Waals surface area (Å²) in [7, 11) is -2.59. The Hall–Kier alpha value is -1.95. The minimum atomic E-state index is -4.57. The zero-order chi connectivity index (χ0) is 89.3. The number of carbonyl (C=O) groups is 8. The number of carbonyl (C=O) groups excluding carboxylic acids is 8. The van der Waals surface area contributed by atoms with E-state index in [-0.39, 0.29) is 184 Å². The molecular weight excluding hydrogens is 1670 g/mol. The lowest BCUT2D eigenvalue weighted by Crippen LogP contribution is -2.40. The molecule has 12 atom stereocenters. The van der Waals surface area contributed by atoms with Crippen LogP contribution in [0.15, 0.2) is 0 Å². The van der Waals surface area contributed by atoms with E-state index in [2.05, 4.69) is 33.0 Å². The van der Waals surface area contributed by atoms with Crippen molar-refractivity contribution in [3.8, 4) is 0 Å². The monoisotopic (exact) mass is 1820 g/mol. The summed E-state index contributed by atoms with van der Waals surface area (Å²) in [6.07, 6.45) is 6.76. The van der Waals surface area contributed by atoms with Gasteiger partial charge in [-0.1, -0.05) is 112 Å². The van der Waals surface area contributed by atoms with E-state index in [1.165, 1.54) is 10.8 Å². The van der Waals surface area contributed by atoms with Gasteiger partial charge in [-0.05, 0) is 164 Å². The van der Waals surface area contributed by atoms with Gasteiger partial charge in [-0.25, -0.2) is 9.13 Å². The molecule has 5 aliphatic heterocycles. The van der Waals surface area contributed by atoms with Gasteiger partial charge < -0.3 is 68.0 Å². The van der Waals surface area contributed by atoms with Crippen molar-refractivity contribution < 1.29 is 104 Å². The van der Waals surface area contributed by atoms with Crippen molar-refractivity contribution in [2.24, 2.45) is 17.8 Å². The van der Waals surface area contributed by atoms with Crippen LogP contribution in [0.25, 0.3) is 0 Å². The molecular formula is C84H156N6O22P2S5. The van der Waals surface area contributed by atoms with Gasteiger partial charge in [-0.3, -0.25) is 56.5 Å². The normalized spacial score (nSPS) is 22.6. The zero-order valence-electron chi connectivity index (χ0n) is 76.2. The number of phosphoric ester groups is 2. The molecule has 35 heteroatoms. The number of hydrogen-bond donors (Lipinski definition) is 3. The Morgan fingerprint density at radius 3 is 1.09 bits per heavy atom. The topological polar surface area (TPSA) is 332 Å². The van der Waals surface area contributed by atoms with Crippen LogP contribution in [0.5, 0.6) is 0 Å². The van der Waals surface area contributed by atoms with Gasteiger partial charge in [0.05, 0.1) is 136 Å². The Morgan fingerprint density at radius 1 is 0.378 bits per heavy atom. The van der Waals surface area contributed by atoms with Gasteiger partial charge in [-0.2, -0.15) is 11.8 Å². The zero-order valence-corrected chi connectivity index (χ0v) is 82.1. The molecule has 0 aromatic rings. The third-order valence-electron chi connectivity index (χ3n) is 20.0. The summed E-state index contributed by atoms with van der Waals surface area (Å²) in [6, 6.07) is -1.01. The van der Waals surface area contributed by atoms with Gasteiger partial charge in [0.25, 0.3) is 0 Å². The Balaban J connectivity index is 0.000000487. The Kier molecular flexibility index (Phi) is 55.4. The Morgan fingerprint density at radius 2 is 0.723 bits per heavy atom. The summed E-state index contributed by atoms with van der Waals surface area (Å²) in [4.78, 5) is 131. The lowest BCUT2D eigenvalue weighted by atomic mass is 10.1. The van der Waals surface area contributed by atoms with Crippen LogP contribution in [0.3, 0.4) is 0 Å². The predicted octanol–water partition coefficient (Wildman–Crippen LogP) is 14.9. The first kappa shape index (κ1) is 111. The van der Waals surface area contributed by atoms with E-state index in [9.17, 15) is 57.3 Å². The molecule has 5 heterocycles. The lowest BCUT2D eigenvalue weighted by molar-refractivity contribution is -0.135. The predicted molar refractivity (Wildman–Crippen MR) is 481 cm³/mol. The Bertz CT molecular complexity index is 3060. The van der Waals surface area contributed by atoms with Crippen LogP contribution in [0.2, 0.25) is 0 Å². The molecule has 0 spiro atoms. The van der Waals surface area contributed by atoms with E-state index in [1.807, 2.05) is 141 Å². The first-order chi connectivity index (χ1) is 55.8.